The number of carbonyl (C=O) groups is 2. The predicted octanol–water partition coefficient (Wildman–Crippen LogP) is 0.686. The maximum Gasteiger partial charge on any atom is 0.273 e. The molecular formula is C16H19N5O2. The molecule has 1 unspecified atom stereocenters. The number of carbonyl (C=O) groups excluding carboxylic acids is 2. The van der Waals surface area contributed by atoms with Crippen molar-refractivity contribution in [3.63, 3.8) is 0 Å². The van der Waals surface area contributed by atoms with E-state index >= 15 is 0 Å². The Labute approximate surface area is 134 Å². The Kier molecular flexibility index (Phi) is 4.36. The Hall–Kier alpha value is -2.70. The molecule has 120 valence electrons. The van der Waals surface area contributed by atoms with Gasteiger partial charge >= 0.3 is 0 Å². The number of likely N-dealkylation sites (tertiary alicyclic amines) is 1. The third-order valence-electron chi connectivity index (χ3n) is 3.95. The molecule has 0 bridgehead atoms. The summed E-state index contributed by atoms with van der Waals surface area (Å²) in [6, 6.07) is 9.96. The number of hydrogen-bond donors (Lipinski definition) is 1. The van der Waals surface area contributed by atoms with Crippen LogP contribution in [0.15, 0.2) is 36.5 Å². The summed E-state index contributed by atoms with van der Waals surface area (Å²) in [5.74, 6) is 0.0837. The molecule has 0 spiro atoms. The van der Waals surface area contributed by atoms with Gasteiger partial charge in [-0.25, -0.2) is 0 Å². The maximum atomic E-state index is 12.2. The minimum Gasteiger partial charge on any atom is -0.354 e. The van der Waals surface area contributed by atoms with Crippen molar-refractivity contribution >= 4 is 11.8 Å². The molecule has 2 heterocycles. The lowest BCUT2D eigenvalue weighted by molar-refractivity contribution is -0.128. The van der Waals surface area contributed by atoms with Gasteiger partial charge in [-0.15, -0.1) is 5.10 Å². The van der Waals surface area contributed by atoms with E-state index in [1.54, 1.807) is 17.9 Å². The minimum atomic E-state index is -0.260. The third-order valence-corrected chi connectivity index (χ3v) is 3.95. The van der Waals surface area contributed by atoms with Crippen molar-refractivity contribution in [2.75, 3.05) is 13.6 Å². The number of nitrogens with one attached hydrogen (secondary N) is 1. The van der Waals surface area contributed by atoms with E-state index in [1.807, 2.05) is 35.2 Å². The molecule has 1 aliphatic heterocycles. The fraction of sp³-hybridized carbons (Fsp3) is 0.375. The first-order chi connectivity index (χ1) is 11.2. The van der Waals surface area contributed by atoms with Gasteiger partial charge in [-0.1, -0.05) is 35.5 Å². The van der Waals surface area contributed by atoms with Crippen LogP contribution in [0.1, 0.15) is 22.5 Å². The van der Waals surface area contributed by atoms with Gasteiger partial charge in [0.1, 0.15) is 0 Å². The molecule has 0 aliphatic carbocycles. The van der Waals surface area contributed by atoms with Crippen LogP contribution in [-0.2, 0) is 17.9 Å². The van der Waals surface area contributed by atoms with Crippen molar-refractivity contribution in [2.45, 2.75) is 19.5 Å². The molecule has 1 aromatic heterocycles. The monoisotopic (exact) mass is 313 g/mol. The second-order valence-corrected chi connectivity index (χ2v) is 5.73. The molecule has 3 rings (SSSR count). The molecular weight excluding hydrogens is 294 g/mol. The van der Waals surface area contributed by atoms with E-state index in [4.69, 9.17) is 0 Å². The molecule has 7 heteroatoms. The molecule has 0 saturated carbocycles. The van der Waals surface area contributed by atoms with Gasteiger partial charge in [0.15, 0.2) is 5.69 Å². The van der Waals surface area contributed by atoms with Crippen LogP contribution in [0, 0.1) is 5.92 Å². The predicted molar refractivity (Wildman–Crippen MR) is 83.4 cm³/mol. The first-order valence-corrected chi connectivity index (χ1v) is 7.59. The van der Waals surface area contributed by atoms with Crippen LogP contribution in [0.5, 0.6) is 0 Å². The molecule has 1 N–H and O–H groups in total. The Balaban J connectivity index is 1.59. The highest BCUT2D eigenvalue weighted by Crippen LogP contribution is 2.21. The van der Waals surface area contributed by atoms with Gasteiger partial charge < -0.3 is 10.2 Å². The molecule has 1 saturated heterocycles. The highest BCUT2D eigenvalue weighted by molar-refractivity contribution is 5.91. The van der Waals surface area contributed by atoms with Crippen LogP contribution in [0.2, 0.25) is 0 Å². The van der Waals surface area contributed by atoms with E-state index in [9.17, 15) is 9.59 Å². The molecule has 2 amide bonds. The van der Waals surface area contributed by atoms with Gasteiger partial charge in [0.2, 0.25) is 5.91 Å². The van der Waals surface area contributed by atoms with E-state index < -0.39 is 0 Å². The van der Waals surface area contributed by atoms with Crippen molar-refractivity contribution in [2.24, 2.45) is 5.92 Å². The van der Waals surface area contributed by atoms with Gasteiger partial charge in [-0.2, -0.15) is 0 Å². The quantitative estimate of drug-likeness (QED) is 0.880. The number of rotatable bonds is 5. The fourth-order valence-electron chi connectivity index (χ4n) is 2.82. The highest BCUT2D eigenvalue weighted by Gasteiger charge is 2.30. The van der Waals surface area contributed by atoms with Crippen molar-refractivity contribution in [3.8, 4) is 0 Å². The molecule has 1 atom stereocenters. The van der Waals surface area contributed by atoms with E-state index in [1.165, 1.54) is 0 Å². The zero-order valence-electron chi connectivity index (χ0n) is 13.0. The second kappa shape index (κ2) is 6.60. The first-order valence-electron chi connectivity index (χ1n) is 7.59. The number of amides is 2. The van der Waals surface area contributed by atoms with Crippen LogP contribution in [-0.4, -0.2) is 45.3 Å². The van der Waals surface area contributed by atoms with Crippen molar-refractivity contribution in [1.29, 1.82) is 0 Å². The molecule has 7 nitrogen and oxygen atoms in total. The lowest BCUT2D eigenvalue weighted by Crippen LogP contribution is -2.25. The SMILES string of the molecule is CNC(=O)c1cn(CC2CC(=O)N(Cc3ccccc3)C2)nn1. The van der Waals surface area contributed by atoms with Crippen molar-refractivity contribution < 1.29 is 9.59 Å². The average molecular weight is 313 g/mol. The molecule has 0 radical (unpaired) electrons. The van der Waals surface area contributed by atoms with Crippen LogP contribution in [0.4, 0.5) is 0 Å². The van der Waals surface area contributed by atoms with Gasteiger partial charge in [0, 0.05) is 39.0 Å². The normalized spacial score (nSPS) is 17.5. The zero-order chi connectivity index (χ0) is 16.2. The third kappa shape index (κ3) is 3.56. The number of nitrogens with zero attached hydrogens (tertiary/aromatic N) is 4. The summed E-state index contributed by atoms with van der Waals surface area (Å²) in [5, 5.41) is 10.3. The van der Waals surface area contributed by atoms with E-state index in [0.29, 0.717) is 26.1 Å². The summed E-state index contributed by atoms with van der Waals surface area (Å²) in [4.78, 5) is 25.5. The lowest BCUT2D eigenvalue weighted by Gasteiger charge is -2.16. The van der Waals surface area contributed by atoms with Gasteiger partial charge in [0.05, 0.1) is 6.20 Å². The minimum absolute atomic E-state index is 0.158. The maximum absolute atomic E-state index is 12.2. The zero-order valence-corrected chi connectivity index (χ0v) is 13.0. The Morgan fingerprint density at radius 1 is 1.35 bits per heavy atom. The number of hydrogen-bond acceptors (Lipinski definition) is 4. The van der Waals surface area contributed by atoms with Crippen molar-refractivity contribution in [3.05, 3.63) is 47.8 Å². The van der Waals surface area contributed by atoms with Crippen LogP contribution in [0.25, 0.3) is 0 Å². The topological polar surface area (TPSA) is 80.1 Å². The summed E-state index contributed by atoms with van der Waals surface area (Å²) in [7, 11) is 1.55. The number of aromatic nitrogens is 3. The van der Waals surface area contributed by atoms with Crippen LogP contribution in [0.3, 0.4) is 0 Å². The lowest BCUT2D eigenvalue weighted by atomic mass is 10.1. The smallest absolute Gasteiger partial charge is 0.273 e. The molecule has 1 aromatic carbocycles. The summed E-state index contributed by atoms with van der Waals surface area (Å²) < 4.78 is 1.63. The van der Waals surface area contributed by atoms with Crippen LogP contribution < -0.4 is 5.32 Å². The van der Waals surface area contributed by atoms with Crippen LogP contribution >= 0.6 is 0 Å². The fourth-order valence-corrected chi connectivity index (χ4v) is 2.82. The Morgan fingerprint density at radius 2 is 2.13 bits per heavy atom. The van der Waals surface area contributed by atoms with E-state index in [-0.39, 0.29) is 23.4 Å². The molecule has 23 heavy (non-hydrogen) atoms. The Bertz CT molecular complexity index is 698. The molecule has 2 aromatic rings. The molecule has 1 fully saturated rings. The largest absolute Gasteiger partial charge is 0.354 e. The van der Waals surface area contributed by atoms with Gasteiger partial charge in [-0.05, 0) is 5.56 Å². The summed E-state index contributed by atoms with van der Waals surface area (Å²) in [6.07, 6.45) is 2.12. The number of benzene rings is 1. The van der Waals surface area contributed by atoms with Crippen molar-refractivity contribution in [1.82, 2.24) is 25.2 Å². The standard InChI is InChI=1S/C16H19N5O2/c1-17-16(23)14-11-21(19-18-14)10-13-7-15(22)20(9-13)8-12-5-3-2-4-6-12/h2-6,11,13H,7-10H2,1H3,(H,17,23). The molecule has 1 aliphatic rings. The summed E-state index contributed by atoms with van der Waals surface area (Å²) in [5.41, 5.74) is 1.42. The average Bonchev–Trinajstić information content (AvgIpc) is 3.15. The van der Waals surface area contributed by atoms with E-state index in [0.717, 1.165) is 5.56 Å². The van der Waals surface area contributed by atoms with Gasteiger partial charge in [-0.3, -0.25) is 14.3 Å². The highest BCUT2D eigenvalue weighted by atomic mass is 16.2. The van der Waals surface area contributed by atoms with Gasteiger partial charge in [0.25, 0.3) is 5.91 Å². The summed E-state index contributed by atoms with van der Waals surface area (Å²) >= 11 is 0. The Morgan fingerprint density at radius 3 is 2.87 bits per heavy atom. The van der Waals surface area contributed by atoms with E-state index in [2.05, 4.69) is 15.6 Å². The second-order valence-electron chi connectivity index (χ2n) is 5.73. The first kappa shape index (κ1) is 15.2. The summed E-state index contributed by atoms with van der Waals surface area (Å²) in [6.45, 7) is 1.92.